The average Bonchev–Trinajstić information content (AvgIpc) is 2.82. The summed E-state index contributed by atoms with van der Waals surface area (Å²) in [6.07, 6.45) is 4.85. The van der Waals surface area contributed by atoms with Crippen molar-refractivity contribution in [3.8, 4) is 11.4 Å². The molecule has 3 aromatic rings. The van der Waals surface area contributed by atoms with Crippen LogP contribution in [0.2, 0.25) is 0 Å². The summed E-state index contributed by atoms with van der Waals surface area (Å²) in [4.78, 5) is 18.8. The first kappa shape index (κ1) is 10.4. The van der Waals surface area contributed by atoms with E-state index in [4.69, 9.17) is 0 Å². The molecule has 0 fully saturated rings. The Balaban J connectivity index is 2.14. The fraction of sp³-hybridized carbons (Fsp3) is 0. The number of imidazole rings is 1. The lowest BCUT2D eigenvalue weighted by molar-refractivity contribution is -0.385. The number of pyridine rings is 2. The number of rotatable bonds is 2. The molecule has 0 spiro atoms. The van der Waals surface area contributed by atoms with Gasteiger partial charge in [0, 0.05) is 18.5 Å². The van der Waals surface area contributed by atoms with Gasteiger partial charge >= 0.3 is 0 Å². The van der Waals surface area contributed by atoms with Crippen LogP contribution >= 0.6 is 0 Å². The van der Waals surface area contributed by atoms with E-state index >= 15 is 0 Å². The van der Waals surface area contributed by atoms with Gasteiger partial charge in [-0.3, -0.25) is 19.5 Å². The summed E-state index contributed by atoms with van der Waals surface area (Å²) in [5, 5.41) is 10.7. The molecule has 3 rings (SSSR count). The van der Waals surface area contributed by atoms with Crippen molar-refractivity contribution in [2.75, 3.05) is 0 Å². The summed E-state index contributed by atoms with van der Waals surface area (Å²) >= 11 is 0. The second-order valence-electron chi connectivity index (χ2n) is 3.75. The van der Waals surface area contributed by atoms with E-state index in [9.17, 15) is 10.1 Å². The molecular formula is C12H8N4O2. The molecule has 6 nitrogen and oxygen atoms in total. The number of fused-ring (bicyclic) bond motifs is 1. The lowest BCUT2D eigenvalue weighted by Gasteiger charge is -1.92. The van der Waals surface area contributed by atoms with Crippen molar-refractivity contribution in [1.82, 2.24) is 14.4 Å². The molecule has 3 heterocycles. The van der Waals surface area contributed by atoms with Gasteiger partial charge in [-0.25, -0.2) is 4.98 Å². The van der Waals surface area contributed by atoms with Crippen LogP contribution in [-0.4, -0.2) is 19.3 Å². The van der Waals surface area contributed by atoms with Crippen molar-refractivity contribution in [3.63, 3.8) is 0 Å². The zero-order valence-corrected chi connectivity index (χ0v) is 9.22. The fourth-order valence-corrected chi connectivity index (χ4v) is 1.73. The second kappa shape index (κ2) is 3.92. The van der Waals surface area contributed by atoms with Crippen molar-refractivity contribution < 1.29 is 4.92 Å². The molecule has 0 saturated heterocycles. The van der Waals surface area contributed by atoms with Crippen LogP contribution in [0.5, 0.6) is 0 Å². The van der Waals surface area contributed by atoms with Crippen LogP contribution in [0.25, 0.3) is 17.0 Å². The molecule has 6 heteroatoms. The Morgan fingerprint density at radius 1 is 1.11 bits per heavy atom. The molecular weight excluding hydrogens is 232 g/mol. The zero-order valence-electron chi connectivity index (χ0n) is 9.22. The third-order valence-corrected chi connectivity index (χ3v) is 2.57. The van der Waals surface area contributed by atoms with E-state index in [2.05, 4.69) is 9.97 Å². The standard InChI is InChI=1S/C12H8N4O2/c17-16(18)9-4-5-12-14-11(8-15(12)7-9)10-3-1-2-6-13-10/h1-8H. The van der Waals surface area contributed by atoms with E-state index in [1.165, 1.54) is 12.3 Å². The Morgan fingerprint density at radius 3 is 2.72 bits per heavy atom. The van der Waals surface area contributed by atoms with Gasteiger partial charge in [0.25, 0.3) is 5.69 Å². The van der Waals surface area contributed by atoms with Gasteiger partial charge in [-0.05, 0) is 18.2 Å². The molecule has 0 amide bonds. The highest BCUT2D eigenvalue weighted by atomic mass is 16.6. The molecule has 0 radical (unpaired) electrons. The molecule has 3 aromatic heterocycles. The molecule has 88 valence electrons. The first-order chi connectivity index (χ1) is 8.74. The molecule has 0 aromatic carbocycles. The van der Waals surface area contributed by atoms with E-state index in [1.54, 1.807) is 22.9 Å². The van der Waals surface area contributed by atoms with Gasteiger partial charge in [-0.15, -0.1) is 0 Å². The highest BCUT2D eigenvalue weighted by molar-refractivity contribution is 5.59. The zero-order chi connectivity index (χ0) is 12.5. The van der Waals surface area contributed by atoms with Crippen molar-refractivity contribution >= 4 is 11.3 Å². The first-order valence-electron chi connectivity index (χ1n) is 5.28. The van der Waals surface area contributed by atoms with Gasteiger partial charge in [0.05, 0.1) is 16.8 Å². The number of aromatic nitrogens is 3. The maximum atomic E-state index is 10.7. The van der Waals surface area contributed by atoms with Crippen LogP contribution in [0, 0.1) is 10.1 Å². The van der Waals surface area contributed by atoms with E-state index < -0.39 is 4.92 Å². The Bertz CT molecular complexity index is 721. The molecule has 18 heavy (non-hydrogen) atoms. The Labute approximate surface area is 102 Å². The van der Waals surface area contributed by atoms with Crippen molar-refractivity contribution in [2.24, 2.45) is 0 Å². The van der Waals surface area contributed by atoms with Crippen LogP contribution < -0.4 is 0 Å². The molecule has 0 aliphatic carbocycles. The van der Waals surface area contributed by atoms with Crippen LogP contribution in [0.4, 0.5) is 5.69 Å². The summed E-state index contributed by atoms with van der Waals surface area (Å²) in [5.41, 5.74) is 2.12. The minimum absolute atomic E-state index is 0.0347. The summed E-state index contributed by atoms with van der Waals surface area (Å²) in [7, 11) is 0. The van der Waals surface area contributed by atoms with E-state index in [0.717, 1.165) is 5.69 Å². The Hall–Kier alpha value is -2.76. The minimum atomic E-state index is -0.431. The maximum Gasteiger partial charge on any atom is 0.286 e. The summed E-state index contributed by atoms with van der Waals surface area (Å²) in [6, 6.07) is 8.59. The van der Waals surface area contributed by atoms with Crippen molar-refractivity contribution in [3.05, 3.63) is 59.0 Å². The van der Waals surface area contributed by atoms with Crippen LogP contribution in [0.3, 0.4) is 0 Å². The smallest absolute Gasteiger partial charge is 0.286 e. The first-order valence-corrected chi connectivity index (χ1v) is 5.28. The van der Waals surface area contributed by atoms with Gasteiger partial charge in [-0.2, -0.15) is 0 Å². The molecule has 0 saturated carbocycles. The third-order valence-electron chi connectivity index (χ3n) is 2.57. The lowest BCUT2D eigenvalue weighted by Crippen LogP contribution is -1.90. The molecule has 0 unspecified atom stereocenters. The molecule has 0 aliphatic heterocycles. The van der Waals surface area contributed by atoms with Crippen LogP contribution in [0.1, 0.15) is 0 Å². The summed E-state index contributed by atoms with van der Waals surface area (Å²) in [6.45, 7) is 0. The summed E-state index contributed by atoms with van der Waals surface area (Å²) < 4.78 is 1.63. The van der Waals surface area contributed by atoms with E-state index in [-0.39, 0.29) is 5.69 Å². The third kappa shape index (κ3) is 1.69. The van der Waals surface area contributed by atoms with Gasteiger partial charge in [-0.1, -0.05) is 6.07 Å². The predicted molar refractivity (Wildman–Crippen MR) is 65.1 cm³/mol. The number of hydrogen-bond acceptors (Lipinski definition) is 4. The van der Waals surface area contributed by atoms with Crippen LogP contribution in [-0.2, 0) is 0 Å². The summed E-state index contributed by atoms with van der Waals surface area (Å²) in [5.74, 6) is 0. The van der Waals surface area contributed by atoms with Gasteiger partial charge in [0.1, 0.15) is 11.3 Å². The second-order valence-corrected chi connectivity index (χ2v) is 3.75. The quantitative estimate of drug-likeness (QED) is 0.509. The SMILES string of the molecule is O=[N+]([O-])c1ccc2nc(-c3ccccn3)cn2c1. The Kier molecular flexibility index (Phi) is 2.26. The maximum absolute atomic E-state index is 10.7. The molecule has 0 bridgehead atoms. The topological polar surface area (TPSA) is 73.3 Å². The normalized spacial score (nSPS) is 10.7. The van der Waals surface area contributed by atoms with E-state index in [0.29, 0.717) is 11.3 Å². The van der Waals surface area contributed by atoms with Gasteiger partial charge in [0.15, 0.2) is 0 Å². The molecule has 0 atom stereocenters. The highest BCUT2D eigenvalue weighted by Crippen LogP contribution is 2.19. The molecule has 0 N–H and O–H groups in total. The number of hydrogen-bond donors (Lipinski definition) is 0. The fourth-order valence-electron chi connectivity index (χ4n) is 1.73. The van der Waals surface area contributed by atoms with Gasteiger partial charge in [0.2, 0.25) is 0 Å². The lowest BCUT2D eigenvalue weighted by atomic mass is 10.3. The van der Waals surface area contributed by atoms with Crippen molar-refractivity contribution in [1.29, 1.82) is 0 Å². The predicted octanol–water partition coefficient (Wildman–Crippen LogP) is 2.30. The average molecular weight is 240 g/mol. The van der Waals surface area contributed by atoms with Gasteiger partial charge < -0.3 is 0 Å². The number of nitro groups is 1. The minimum Gasteiger partial charge on any atom is -0.299 e. The largest absolute Gasteiger partial charge is 0.299 e. The van der Waals surface area contributed by atoms with E-state index in [1.807, 2.05) is 18.2 Å². The molecule has 0 aliphatic rings. The Morgan fingerprint density at radius 2 is 2.00 bits per heavy atom. The number of nitrogens with zero attached hydrogens (tertiary/aromatic N) is 4. The highest BCUT2D eigenvalue weighted by Gasteiger charge is 2.09. The van der Waals surface area contributed by atoms with Crippen molar-refractivity contribution in [2.45, 2.75) is 0 Å². The monoisotopic (exact) mass is 240 g/mol. The van der Waals surface area contributed by atoms with Crippen LogP contribution in [0.15, 0.2) is 48.9 Å².